The maximum atomic E-state index is 13.2. The molecule has 172 valence electrons. The molecule has 2 aromatic rings. The van der Waals surface area contributed by atoms with Crippen molar-refractivity contribution in [1.82, 2.24) is 0 Å². The third-order valence-electron chi connectivity index (χ3n) is 5.23. The number of aryl methyl sites for hydroxylation is 1. The molecule has 1 aromatic heterocycles. The second kappa shape index (κ2) is 11.5. The lowest BCUT2D eigenvalue weighted by Crippen LogP contribution is -2.25. The fourth-order valence-corrected chi connectivity index (χ4v) is 6.07. The Kier molecular flexibility index (Phi) is 8.75. The molecule has 6 nitrogen and oxygen atoms in total. The monoisotopic (exact) mass is 474 g/mol. The number of nitrogens with one attached hydrogen (secondary N) is 2. The average Bonchev–Trinajstić information content (AvgIpc) is 2.92. The highest BCUT2D eigenvalue weighted by atomic mass is 32.2. The zero-order valence-corrected chi connectivity index (χ0v) is 20.4. The van der Waals surface area contributed by atoms with Crippen LogP contribution in [0.3, 0.4) is 0 Å². The highest BCUT2D eigenvalue weighted by molar-refractivity contribution is 8.00. The molecule has 1 aliphatic rings. The summed E-state index contributed by atoms with van der Waals surface area (Å²) in [4.78, 5) is 39.3. The highest BCUT2D eigenvalue weighted by Crippen LogP contribution is 2.39. The number of amides is 2. The fraction of sp³-hybridized carbons (Fsp3) is 0.458. The van der Waals surface area contributed by atoms with Crippen LogP contribution in [0, 0.1) is 0 Å². The summed E-state index contributed by atoms with van der Waals surface area (Å²) in [6, 6.07) is 7.45. The van der Waals surface area contributed by atoms with Gasteiger partial charge in [-0.15, -0.1) is 23.1 Å². The lowest BCUT2D eigenvalue weighted by Gasteiger charge is -2.15. The second-order valence-corrected chi connectivity index (χ2v) is 10.1. The third-order valence-corrected chi connectivity index (χ3v) is 7.80. The summed E-state index contributed by atoms with van der Waals surface area (Å²) >= 11 is 2.96. The molecule has 1 heterocycles. The van der Waals surface area contributed by atoms with Gasteiger partial charge < -0.3 is 15.4 Å². The number of thioether (sulfide) groups is 1. The summed E-state index contributed by atoms with van der Waals surface area (Å²) in [5, 5.41) is 6.07. The average molecular weight is 475 g/mol. The number of rotatable bonds is 8. The Morgan fingerprint density at radius 2 is 1.91 bits per heavy atom. The van der Waals surface area contributed by atoms with Crippen LogP contribution < -0.4 is 10.6 Å². The van der Waals surface area contributed by atoms with E-state index in [0.29, 0.717) is 29.3 Å². The molecule has 0 bridgehead atoms. The molecule has 0 radical (unpaired) electrons. The predicted molar refractivity (Wildman–Crippen MR) is 131 cm³/mol. The number of ether oxygens (including phenoxy) is 1. The minimum Gasteiger partial charge on any atom is -0.462 e. The minimum atomic E-state index is -0.356. The molecular weight excluding hydrogens is 444 g/mol. The van der Waals surface area contributed by atoms with E-state index in [1.54, 1.807) is 6.92 Å². The molecule has 0 saturated heterocycles. The molecule has 1 atom stereocenters. The first kappa shape index (κ1) is 24.3. The molecule has 32 heavy (non-hydrogen) atoms. The van der Waals surface area contributed by atoms with E-state index in [-0.39, 0.29) is 23.0 Å². The number of carbonyl (C=O) groups is 3. The zero-order valence-electron chi connectivity index (χ0n) is 18.8. The van der Waals surface area contributed by atoms with Crippen LogP contribution in [0.1, 0.15) is 67.3 Å². The first-order valence-corrected chi connectivity index (χ1v) is 12.8. The first-order chi connectivity index (χ1) is 15.4. The molecular formula is C24H30N2O4S2. The SMILES string of the molecule is CCOC(=O)c1c(NC(=O)C(CC)Sc2cccc(NC(C)=O)c2)sc2c1CCCCC2. The summed E-state index contributed by atoms with van der Waals surface area (Å²) in [6.07, 6.45) is 5.70. The number of anilines is 2. The van der Waals surface area contributed by atoms with Crippen molar-refractivity contribution in [3.63, 3.8) is 0 Å². The van der Waals surface area contributed by atoms with Crippen LogP contribution >= 0.6 is 23.1 Å². The van der Waals surface area contributed by atoms with Gasteiger partial charge in [0.1, 0.15) is 5.00 Å². The van der Waals surface area contributed by atoms with Crippen molar-refractivity contribution in [3.8, 4) is 0 Å². The van der Waals surface area contributed by atoms with Gasteiger partial charge in [0.15, 0.2) is 0 Å². The van der Waals surface area contributed by atoms with E-state index in [1.807, 2.05) is 31.2 Å². The van der Waals surface area contributed by atoms with E-state index >= 15 is 0 Å². The zero-order chi connectivity index (χ0) is 23.1. The van der Waals surface area contributed by atoms with Crippen LogP contribution in [-0.2, 0) is 27.2 Å². The summed E-state index contributed by atoms with van der Waals surface area (Å²) < 4.78 is 5.32. The summed E-state index contributed by atoms with van der Waals surface area (Å²) in [6.45, 7) is 5.52. The third kappa shape index (κ3) is 6.13. The standard InChI is InChI=1S/C24H30N2O4S2/c1-4-19(31-17-11-9-10-16(14-17)25-15(3)27)22(28)26-23-21(24(29)30-5-2)18-12-7-6-8-13-20(18)32-23/h9-11,14,19H,4-8,12-13H2,1-3H3,(H,25,27)(H,26,28). The molecule has 0 fully saturated rings. The molecule has 1 unspecified atom stereocenters. The van der Waals surface area contributed by atoms with E-state index < -0.39 is 0 Å². The number of thiophene rings is 1. The van der Waals surface area contributed by atoms with Gasteiger partial charge in [0, 0.05) is 22.4 Å². The number of hydrogen-bond donors (Lipinski definition) is 2. The fourth-order valence-electron chi connectivity index (χ4n) is 3.78. The van der Waals surface area contributed by atoms with Gasteiger partial charge in [0.25, 0.3) is 0 Å². The number of hydrogen-bond acceptors (Lipinski definition) is 6. The predicted octanol–water partition coefficient (Wildman–Crippen LogP) is 5.66. The van der Waals surface area contributed by atoms with Gasteiger partial charge >= 0.3 is 5.97 Å². The van der Waals surface area contributed by atoms with Crippen molar-refractivity contribution in [2.45, 2.75) is 69.4 Å². The number of benzene rings is 1. The van der Waals surface area contributed by atoms with E-state index in [1.165, 1.54) is 34.9 Å². The molecule has 3 rings (SSSR count). The van der Waals surface area contributed by atoms with Crippen LogP contribution in [0.2, 0.25) is 0 Å². The summed E-state index contributed by atoms with van der Waals surface area (Å²) in [5.74, 6) is -0.629. The van der Waals surface area contributed by atoms with Crippen LogP contribution in [0.15, 0.2) is 29.2 Å². The largest absolute Gasteiger partial charge is 0.462 e. The Balaban J connectivity index is 1.80. The van der Waals surface area contributed by atoms with Gasteiger partial charge in [-0.2, -0.15) is 0 Å². The van der Waals surface area contributed by atoms with Crippen molar-refractivity contribution in [3.05, 3.63) is 40.3 Å². The maximum absolute atomic E-state index is 13.2. The maximum Gasteiger partial charge on any atom is 0.341 e. The van der Waals surface area contributed by atoms with Gasteiger partial charge in [-0.1, -0.05) is 19.4 Å². The molecule has 1 aromatic carbocycles. The van der Waals surface area contributed by atoms with Crippen molar-refractivity contribution in [1.29, 1.82) is 0 Å². The van der Waals surface area contributed by atoms with Gasteiger partial charge in [-0.25, -0.2) is 4.79 Å². The smallest absolute Gasteiger partial charge is 0.341 e. The minimum absolute atomic E-state index is 0.135. The lowest BCUT2D eigenvalue weighted by molar-refractivity contribution is -0.116. The quantitative estimate of drug-likeness (QED) is 0.293. The molecule has 2 amide bonds. The number of esters is 1. The summed E-state index contributed by atoms with van der Waals surface area (Å²) in [7, 11) is 0. The Bertz CT molecular complexity index is 986. The number of fused-ring (bicyclic) bond motifs is 1. The van der Waals surface area contributed by atoms with E-state index in [2.05, 4.69) is 10.6 Å². The van der Waals surface area contributed by atoms with Gasteiger partial charge in [-0.05, 0) is 62.8 Å². The van der Waals surface area contributed by atoms with Crippen LogP contribution in [0.4, 0.5) is 10.7 Å². The van der Waals surface area contributed by atoms with Gasteiger partial charge in [-0.3, -0.25) is 9.59 Å². The lowest BCUT2D eigenvalue weighted by atomic mass is 10.1. The highest BCUT2D eigenvalue weighted by Gasteiger charge is 2.28. The molecule has 0 saturated carbocycles. The molecule has 0 aliphatic heterocycles. The van der Waals surface area contributed by atoms with Crippen molar-refractivity contribution >= 4 is 51.6 Å². The van der Waals surface area contributed by atoms with E-state index in [0.717, 1.165) is 42.6 Å². The first-order valence-electron chi connectivity index (χ1n) is 11.1. The van der Waals surface area contributed by atoms with Gasteiger partial charge in [0.05, 0.1) is 17.4 Å². The molecule has 8 heteroatoms. The Labute approximate surface area is 197 Å². The Morgan fingerprint density at radius 1 is 1.12 bits per heavy atom. The summed E-state index contributed by atoms with van der Waals surface area (Å²) in [5.41, 5.74) is 2.28. The van der Waals surface area contributed by atoms with E-state index in [9.17, 15) is 14.4 Å². The second-order valence-electron chi connectivity index (χ2n) is 7.70. The topological polar surface area (TPSA) is 84.5 Å². The molecule has 1 aliphatic carbocycles. The van der Waals surface area contributed by atoms with Gasteiger partial charge in [0.2, 0.25) is 11.8 Å². The molecule has 2 N–H and O–H groups in total. The van der Waals surface area contributed by atoms with Crippen molar-refractivity contribution < 1.29 is 19.1 Å². The van der Waals surface area contributed by atoms with Crippen molar-refractivity contribution in [2.75, 3.05) is 17.2 Å². The van der Waals surface area contributed by atoms with Crippen LogP contribution in [-0.4, -0.2) is 29.6 Å². The van der Waals surface area contributed by atoms with Crippen LogP contribution in [0.5, 0.6) is 0 Å². The Hall–Kier alpha value is -2.32. The van der Waals surface area contributed by atoms with Crippen molar-refractivity contribution in [2.24, 2.45) is 0 Å². The Morgan fingerprint density at radius 3 is 2.62 bits per heavy atom. The molecule has 0 spiro atoms. The normalized spacial score (nSPS) is 14.1. The van der Waals surface area contributed by atoms with Crippen LogP contribution in [0.25, 0.3) is 0 Å². The number of carbonyl (C=O) groups excluding carboxylic acids is 3. The van der Waals surface area contributed by atoms with E-state index in [4.69, 9.17) is 4.74 Å².